The molecule has 1 rings (SSSR count). The molecule has 0 bridgehead atoms. The van der Waals surface area contributed by atoms with Gasteiger partial charge in [-0.15, -0.1) is 0 Å². The number of methoxy groups -OCH3 is 1. The molecule has 0 aliphatic carbocycles. The van der Waals surface area contributed by atoms with Crippen LogP contribution < -0.4 is 9.47 Å². The fourth-order valence-corrected chi connectivity index (χ4v) is 1.44. The van der Waals surface area contributed by atoms with Crippen molar-refractivity contribution in [2.45, 2.75) is 26.6 Å². The molecule has 0 unspecified atom stereocenters. The van der Waals surface area contributed by atoms with Gasteiger partial charge in [0.25, 0.3) is 0 Å². The van der Waals surface area contributed by atoms with E-state index in [-0.39, 0.29) is 12.7 Å². The number of ether oxygens (including phenoxy) is 3. The Morgan fingerprint density at radius 1 is 1.24 bits per heavy atom. The summed E-state index contributed by atoms with van der Waals surface area (Å²) in [5, 5.41) is 9.22. The molecule has 4 nitrogen and oxygen atoms in total. The predicted octanol–water partition coefficient (Wildman–Crippen LogP) is 1.99. The highest BCUT2D eigenvalue weighted by Gasteiger charge is 2.09. The van der Waals surface area contributed by atoms with Crippen LogP contribution in [0.4, 0.5) is 0 Å². The molecule has 17 heavy (non-hydrogen) atoms. The second-order valence-corrected chi connectivity index (χ2v) is 3.87. The van der Waals surface area contributed by atoms with E-state index < -0.39 is 0 Å². The van der Waals surface area contributed by atoms with Crippen LogP contribution in [0.15, 0.2) is 18.2 Å². The fourth-order valence-electron chi connectivity index (χ4n) is 1.44. The van der Waals surface area contributed by atoms with Gasteiger partial charge in [0.05, 0.1) is 26.4 Å². The highest BCUT2D eigenvalue weighted by atomic mass is 16.5. The molecule has 0 saturated heterocycles. The molecular weight excluding hydrogens is 220 g/mol. The molecule has 0 fully saturated rings. The Hall–Kier alpha value is -1.26. The molecule has 1 aromatic rings. The van der Waals surface area contributed by atoms with Crippen molar-refractivity contribution in [3.8, 4) is 11.5 Å². The van der Waals surface area contributed by atoms with Gasteiger partial charge in [0, 0.05) is 5.56 Å². The molecule has 1 N–H and O–H groups in total. The molecule has 1 aromatic carbocycles. The lowest BCUT2D eigenvalue weighted by Crippen LogP contribution is -2.12. The minimum absolute atomic E-state index is 0.0719. The Morgan fingerprint density at radius 2 is 2.00 bits per heavy atom. The molecule has 0 amide bonds. The van der Waals surface area contributed by atoms with E-state index >= 15 is 0 Å². The first-order chi connectivity index (χ1) is 8.19. The minimum atomic E-state index is -0.0719. The summed E-state index contributed by atoms with van der Waals surface area (Å²) < 4.78 is 16.2. The normalized spacial score (nSPS) is 10.6. The summed E-state index contributed by atoms with van der Waals surface area (Å²) in [6.45, 7) is 4.83. The molecule has 0 heterocycles. The van der Waals surface area contributed by atoms with Crippen LogP contribution >= 0.6 is 0 Å². The molecule has 0 atom stereocenters. The summed E-state index contributed by atoms with van der Waals surface area (Å²) in [6, 6.07) is 5.43. The first-order valence-corrected chi connectivity index (χ1v) is 5.70. The zero-order valence-electron chi connectivity index (χ0n) is 10.6. The first-order valence-electron chi connectivity index (χ1n) is 5.70. The Kier molecular flexibility index (Phi) is 5.80. The topological polar surface area (TPSA) is 47.9 Å². The second kappa shape index (κ2) is 7.14. The largest absolute Gasteiger partial charge is 0.493 e. The average Bonchev–Trinajstić information content (AvgIpc) is 2.34. The van der Waals surface area contributed by atoms with Crippen LogP contribution in [-0.2, 0) is 11.3 Å². The number of aliphatic hydroxyl groups excluding tert-OH is 1. The molecule has 0 aliphatic heterocycles. The zero-order valence-corrected chi connectivity index (χ0v) is 10.6. The van der Waals surface area contributed by atoms with Gasteiger partial charge in [-0.1, -0.05) is 12.1 Å². The van der Waals surface area contributed by atoms with E-state index in [2.05, 4.69) is 0 Å². The van der Waals surface area contributed by atoms with Crippen LogP contribution in [0.2, 0.25) is 0 Å². The van der Waals surface area contributed by atoms with Gasteiger partial charge in [0.15, 0.2) is 11.5 Å². The van der Waals surface area contributed by atoms with E-state index in [1.165, 1.54) is 0 Å². The van der Waals surface area contributed by atoms with Crippen LogP contribution in [-0.4, -0.2) is 31.5 Å². The van der Waals surface area contributed by atoms with Gasteiger partial charge < -0.3 is 19.3 Å². The Balaban J connectivity index is 2.61. The van der Waals surface area contributed by atoms with E-state index in [0.29, 0.717) is 30.3 Å². The lowest BCUT2D eigenvalue weighted by Gasteiger charge is -2.14. The molecule has 0 radical (unpaired) electrons. The van der Waals surface area contributed by atoms with Gasteiger partial charge in [-0.05, 0) is 19.9 Å². The standard InChI is InChI=1S/C13H20O4/c1-10(2)16-7-8-17-13-11(9-14)5-4-6-12(13)15-3/h4-6,10,14H,7-9H2,1-3H3. The van der Waals surface area contributed by atoms with E-state index in [0.717, 1.165) is 0 Å². The average molecular weight is 240 g/mol. The number of benzene rings is 1. The highest BCUT2D eigenvalue weighted by Crippen LogP contribution is 2.30. The summed E-state index contributed by atoms with van der Waals surface area (Å²) in [5.74, 6) is 1.21. The van der Waals surface area contributed by atoms with Crippen molar-refractivity contribution in [2.75, 3.05) is 20.3 Å². The minimum Gasteiger partial charge on any atom is -0.493 e. The highest BCUT2D eigenvalue weighted by molar-refractivity contribution is 5.46. The molecule has 96 valence electrons. The Bertz CT molecular complexity index is 314. The number of para-hydroxylation sites is 1. The first kappa shape index (κ1) is 13.8. The number of rotatable bonds is 7. The molecule has 0 saturated carbocycles. The monoisotopic (exact) mass is 240 g/mol. The number of aliphatic hydroxyl groups is 1. The van der Waals surface area contributed by atoms with Crippen molar-refractivity contribution in [3.05, 3.63) is 23.8 Å². The third-order valence-electron chi connectivity index (χ3n) is 2.23. The van der Waals surface area contributed by atoms with Crippen LogP contribution in [0.3, 0.4) is 0 Å². The van der Waals surface area contributed by atoms with Crippen molar-refractivity contribution < 1.29 is 19.3 Å². The van der Waals surface area contributed by atoms with Crippen molar-refractivity contribution in [1.29, 1.82) is 0 Å². The predicted molar refractivity (Wildman–Crippen MR) is 65.5 cm³/mol. The van der Waals surface area contributed by atoms with E-state index in [1.807, 2.05) is 19.9 Å². The third-order valence-corrected chi connectivity index (χ3v) is 2.23. The van der Waals surface area contributed by atoms with Crippen LogP contribution in [0.1, 0.15) is 19.4 Å². The van der Waals surface area contributed by atoms with Gasteiger partial charge in [-0.3, -0.25) is 0 Å². The lowest BCUT2D eigenvalue weighted by atomic mass is 10.2. The third kappa shape index (κ3) is 4.24. The van der Waals surface area contributed by atoms with Crippen LogP contribution in [0.5, 0.6) is 11.5 Å². The maximum Gasteiger partial charge on any atom is 0.166 e. The SMILES string of the molecule is COc1cccc(CO)c1OCCOC(C)C. The molecule has 4 heteroatoms. The summed E-state index contributed by atoms with van der Waals surface area (Å²) in [6.07, 6.45) is 0.189. The summed E-state index contributed by atoms with van der Waals surface area (Å²) in [5.41, 5.74) is 0.717. The molecule has 0 aromatic heterocycles. The van der Waals surface area contributed by atoms with Crippen LogP contribution in [0, 0.1) is 0 Å². The number of hydrogen-bond donors (Lipinski definition) is 1. The Morgan fingerprint density at radius 3 is 2.59 bits per heavy atom. The van der Waals surface area contributed by atoms with Gasteiger partial charge in [0.2, 0.25) is 0 Å². The summed E-state index contributed by atoms with van der Waals surface area (Å²) >= 11 is 0. The van der Waals surface area contributed by atoms with E-state index in [4.69, 9.17) is 14.2 Å². The molecule has 0 aliphatic rings. The van der Waals surface area contributed by atoms with Crippen molar-refractivity contribution in [3.63, 3.8) is 0 Å². The van der Waals surface area contributed by atoms with Gasteiger partial charge in [-0.25, -0.2) is 0 Å². The lowest BCUT2D eigenvalue weighted by molar-refractivity contribution is 0.0541. The summed E-state index contributed by atoms with van der Waals surface area (Å²) in [4.78, 5) is 0. The zero-order chi connectivity index (χ0) is 12.7. The van der Waals surface area contributed by atoms with Crippen LogP contribution in [0.25, 0.3) is 0 Å². The smallest absolute Gasteiger partial charge is 0.166 e. The number of hydrogen-bond acceptors (Lipinski definition) is 4. The molecular formula is C13H20O4. The van der Waals surface area contributed by atoms with E-state index in [1.54, 1.807) is 19.2 Å². The van der Waals surface area contributed by atoms with Crippen molar-refractivity contribution in [1.82, 2.24) is 0 Å². The quantitative estimate of drug-likeness (QED) is 0.740. The van der Waals surface area contributed by atoms with Gasteiger partial charge in [0.1, 0.15) is 6.61 Å². The summed E-state index contributed by atoms with van der Waals surface area (Å²) in [7, 11) is 1.58. The maximum atomic E-state index is 9.22. The van der Waals surface area contributed by atoms with Crippen molar-refractivity contribution >= 4 is 0 Å². The van der Waals surface area contributed by atoms with E-state index in [9.17, 15) is 5.11 Å². The fraction of sp³-hybridized carbons (Fsp3) is 0.538. The maximum absolute atomic E-state index is 9.22. The molecule has 0 spiro atoms. The van der Waals surface area contributed by atoms with Gasteiger partial charge >= 0.3 is 0 Å². The van der Waals surface area contributed by atoms with Crippen molar-refractivity contribution in [2.24, 2.45) is 0 Å². The van der Waals surface area contributed by atoms with Gasteiger partial charge in [-0.2, -0.15) is 0 Å². The second-order valence-electron chi connectivity index (χ2n) is 3.87. The Labute approximate surface area is 102 Å².